The van der Waals surface area contributed by atoms with Gasteiger partial charge in [-0.05, 0) is 24.3 Å². The molecule has 1 unspecified atom stereocenters. The minimum absolute atomic E-state index is 0.0911. The zero-order valence-electron chi connectivity index (χ0n) is 9.99. The van der Waals surface area contributed by atoms with Crippen molar-refractivity contribution in [1.29, 1.82) is 0 Å². The van der Waals surface area contributed by atoms with E-state index >= 15 is 0 Å². The number of sulfone groups is 1. The number of hydrogen-bond acceptors (Lipinski definition) is 5. The predicted octanol–water partition coefficient (Wildman–Crippen LogP) is 1.28. The quantitative estimate of drug-likeness (QED) is 0.795. The van der Waals surface area contributed by atoms with Crippen molar-refractivity contribution in [2.24, 2.45) is 0 Å². The van der Waals surface area contributed by atoms with Crippen molar-refractivity contribution < 1.29 is 23.1 Å². The van der Waals surface area contributed by atoms with Gasteiger partial charge in [0, 0.05) is 18.3 Å². The standard InChI is InChI=1S/C11H14O5S2/c1-16-7-10(11(12)13)17-8-3-5-9(6-4-8)18(2,14)15/h3-6,10H,7H2,1-2H3,(H,12,13). The van der Waals surface area contributed by atoms with Crippen LogP contribution < -0.4 is 0 Å². The van der Waals surface area contributed by atoms with Crippen LogP contribution in [0.4, 0.5) is 0 Å². The van der Waals surface area contributed by atoms with Crippen molar-refractivity contribution in [1.82, 2.24) is 0 Å². The molecule has 18 heavy (non-hydrogen) atoms. The molecule has 100 valence electrons. The second kappa shape index (κ2) is 6.21. The maximum atomic E-state index is 11.3. The van der Waals surface area contributed by atoms with Crippen LogP contribution in [0.2, 0.25) is 0 Å². The van der Waals surface area contributed by atoms with Crippen molar-refractivity contribution >= 4 is 27.6 Å². The van der Waals surface area contributed by atoms with E-state index in [4.69, 9.17) is 9.84 Å². The molecule has 0 saturated carbocycles. The van der Waals surface area contributed by atoms with Gasteiger partial charge in [0.25, 0.3) is 0 Å². The first-order valence-corrected chi connectivity index (χ1v) is 7.80. The topological polar surface area (TPSA) is 80.7 Å². The Morgan fingerprint density at radius 2 is 1.94 bits per heavy atom. The van der Waals surface area contributed by atoms with E-state index in [1.54, 1.807) is 12.1 Å². The molecule has 1 aromatic carbocycles. The molecule has 0 aliphatic rings. The number of thioether (sulfide) groups is 1. The number of ether oxygens (including phenoxy) is 1. The van der Waals surface area contributed by atoms with Crippen LogP contribution in [0.25, 0.3) is 0 Å². The van der Waals surface area contributed by atoms with E-state index in [0.29, 0.717) is 4.90 Å². The van der Waals surface area contributed by atoms with Gasteiger partial charge in [0.15, 0.2) is 9.84 Å². The molecule has 0 aliphatic heterocycles. The van der Waals surface area contributed by atoms with E-state index in [0.717, 1.165) is 18.0 Å². The fourth-order valence-corrected chi connectivity index (χ4v) is 2.79. The van der Waals surface area contributed by atoms with Gasteiger partial charge in [0.1, 0.15) is 5.25 Å². The molecule has 1 atom stereocenters. The molecular weight excluding hydrogens is 276 g/mol. The first kappa shape index (κ1) is 15.0. The van der Waals surface area contributed by atoms with E-state index < -0.39 is 21.1 Å². The number of aliphatic carboxylic acids is 1. The molecule has 1 aromatic rings. The summed E-state index contributed by atoms with van der Waals surface area (Å²) in [5.41, 5.74) is 0. The highest BCUT2D eigenvalue weighted by Crippen LogP contribution is 2.25. The lowest BCUT2D eigenvalue weighted by molar-refractivity contribution is -0.137. The van der Waals surface area contributed by atoms with Crippen molar-refractivity contribution in [2.45, 2.75) is 15.0 Å². The Hall–Kier alpha value is -1.05. The van der Waals surface area contributed by atoms with Crippen LogP contribution in [-0.4, -0.2) is 44.7 Å². The fraction of sp³-hybridized carbons (Fsp3) is 0.364. The van der Waals surface area contributed by atoms with Gasteiger partial charge in [0.2, 0.25) is 0 Å². The van der Waals surface area contributed by atoms with Gasteiger partial charge < -0.3 is 9.84 Å². The monoisotopic (exact) mass is 290 g/mol. The van der Waals surface area contributed by atoms with Gasteiger partial charge in [-0.2, -0.15) is 0 Å². The average molecular weight is 290 g/mol. The number of benzene rings is 1. The Labute approximate surface area is 110 Å². The molecule has 0 aromatic heterocycles. The third-order valence-corrected chi connectivity index (χ3v) is 4.42. The van der Waals surface area contributed by atoms with Crippen LogP contribution in [0.15, 0.2) is 34.1 Å². The molecular formula is C11H14O5S2. The second-order valence-electron chi connectivity index (χ2n) is 3.64. The SMILES string of the molecule is COCC(Sc1ccc(S(C)(=O)=O)cc1)C(=O)O. The number of rotatable bonds is 6. The van der Waals surface area contributed by atoms with Gasteiger partial charge in [-0.15, -0.1) is 11.8 Å². The highest BCUT2D eigenvalue weighted by Gasteiger charge is 2.18. The Kier molecular flexibility index (Phi) is 5.18. The largest absolute Gasteiger partial charge is 0.480 e. The minimum atomic E-state index is -3.22. The molecule has 0 radical (unpaired) electrons. The Morgan fingerprint density at radius 1 is 1.39 bits per heavy atom. The highest BCUT2D eigenvalue weighted by atomic mass is 32.2. The molecule has 0 amide bonds. The third kappa shape index (κ3) is 4.32. The summed E-state index contributed by atoms with van der Waals surface area (Å²) in [6, 6.07) is 6.10. The molecule has 5 nitrogen and oxygen atoms in total. The van der Waals surface area contributed by atoms with Gasteiger partial charge in [-0.25, -0.2) is 8.42 Å². The van der Waals surface area contributed by atoms with Crippen LogP contribution in [0.3, 0.4) is 0 Å². The van der Waals surface area contributed by atoms with Crippen molar-refractivity contribution in [3.05, 3.63) is 24.3 Å². The Balaban J connectivity index is 2.83. The molecule has 0 spiro atoms. The number of carboxylic acid groups (broad SMARTS) is 1. The molecule has 7 heteroatoms. The third-order valence-electron chi connectivity index (χ3n) is 2.12. The van der Waals surface area contributed by atoms with E-state index in [2.05, 4.69) is 0 Å². The van der Waals surface area contributed by atoms with Crippen LogP contribution in [0.5, 0.6) is 0 Å². The van der Waals surface area contributed by atoms with Crippen molar-refractivity contribution in [3.63, 3.8) is 0 Å². The van der Waals surface area contributed by atoms with Crippen LogP contribution in [0.1, 0.15) is 0 Å². The Morgan fingerprint density at radius 3 is 2.33 bits per heavy atom. The fourth-order valence-electron chi connectivity index (χ4n) is 1.24. The van der Waals surface area contributed by atoms with Crippen LogP contribution in [0, 0.1) is 0 Å². The molecule has 0 fully saturated rings. The lowest BCUT2D eigenvalue weighted by Crippen LogP contribution is -2.21. The maximum absolute atomic E-state index is 11.3. The predicted molar refractivity (Wildman–Crippen MR) is 68.7 cm³/mol. The normalized spacial score (nSPS) is 13.2. The second-order valence-corrected chi connectivity index (χ2v) is 6.94. The summed E-state index contributed by atoms with van der Waals surface area (Å²) >= 11 is 1.12. The summed E-state index contributed by atoms with van der Waals surface area (Å²) in [7, 11) is -1.79. The van der Waals surface area contributed by atoms with Crippen LogP contribution >= 0.6 is 11.8 Å². The van der Waals surface area contributed by atoms with Crippen LogP contribution in [-0.2, 0) is 19.4 Å². The summed E-state index contributed by atoms with van der Waals surface area (Å²) in [5, 5.41) is 8.24. The van der Waals surface area contributed by atoms with E-state index in [1.807, 2.05) is 0 Å². The van der Waals surface area contributed by atoms with Gasteiger partial charge in [-0.3, -0.25) is 4.79 Å². The summed E-state index contributed by atoms with van der Waals surface area (Å²) in [4.78, 5) is 11.8. The molecule has 1 rings (SSSR count). The van der Waals surface area contributed by atoms with Crippen molar-refractivity contribution in [3.8, 4) is 0 Å². The Bertz CT molecular complexity index is 507. The molecule has 0 bridgehead atoms. The van der Waals surface area contributed by atoms with Gasteiger partial charge in [0.05, 0.1) is 11.5 Å². The smallest absolute Gasteiger partial charge is 0.319 e. The lowest BCUT2D eigenvalue weighted by atomic mass is 10.4. The number of carboxylic acids is 1. The first-order chi connectivity index (χ1) is 8.34. The van der Waals surface area contributed by atoms with Gasteiger partial charge >= 0.3 is 5.97 Å². The van der Waals surface area contributed by atoms with E-state index in [-0.39, 0.29) is 11.5 Å². The summed E-state index contributed by atoms with van der Waals surface area (Å²) < 4.78 is 27.3. The number of methoxy groups -OCH3 is 1. The van der Waals surface area contributed by atoms with Gasteiger partial charge in [-0.1, -0.05) is 0 Å². The summed E-state index contributed by atoms with van der Waals surface area (Å²) in [6.07, 6.45) is 1.13. The molecule has 1 N–H and O–H groups in total. The van der Waals surface area contributed by atoms with Crippen molar-refractivity contribution in [2.75, 3.05) is 20.0 Å². The average Bonchev–Trinajstić information content (AvgIpc) is 2.28. The molecule has 0 aliphatic carbocycles. The molecule has 0 heterocycles. The lowest BCUT2D eigenvalue weighted by Gasteiger charge is -2.10. The number of carbonyl (C=O) groups is 1. The maximum Gasteiger partial charge on any atom is 0.319 e. The zero-order chi connectivity index (χ0) is 13.8. The summed E-state index contributed by atoms with van der Waals surface area (Å²) in [6.45, 7) is 0.0911. The zero-order valence-corrected chi connectivity index (χ0v) is 11.6. The van der Waals surface area contributed by atoms with E-state index in [1.165, 1.54) is 19.2 Å². The number of hydrogen-bond donors (Lipinski definition) is 1. The minimum Gasteiger partial charge on any atom is -0.480 e. The first-order valence-electron chi connectivity index (χ1n) is 5.03. The van der Waals surface area contributed by atoms with E-state index in [9.17, 15) is 13.2 Å². The highest BCUT2D eigenvalue weighted by molar-refractivity contribution is 8.00. The molecule has 0 saturated heterocycles. The summed E-state index contributed by atoms with van der Waals surface area (Å²) in [5.74, 6) is -0.964.